The van der Waals surface area contributed by atoms with Crippen molar-refractivity contribution in [3.05, 3.63) is 28.8 Å². The van der Waals surface area contributed by atoms with Crippen LogP contribution in [-0.4, -0.2) is 8.42 Å². The highest BCUT2D eigenvalue weighted by molar-refractivity contribution is 8.13. The van der Waals surface area contributed by atoms with E-state index in [2.05, 4.69) is 0 Å². The molecule has 15 heavy (non-hydrogen) atoms. The molecule has 0 unspecified atom stereocenters. The van der Waals surface area contributed by atoms with Crippen LogP contribution in [0.1, 0.15) is 23.6 Å². The highest BCUT2D eigenvalue weighted by Gasteiger charge is 2.15. The van der Waals surface area contributed by atoms with E-state index in [0.717, 1.165) is 0 Å². The third kappa shape index (κ3) is 2.49. The van der Waals surface area contributed by atoms with Gasteiger partial charge in [0.05, 0.1) is 16.5 Å². The number of halogens is 1. The first-order chi connectivity index (χ1) is 6.90. The van der Waals surface area contributed by atoms with Gasteiger partial charge in [-0.1, -0.05) is 6.92 Å². The molecule has 1 aromatic carbocycles. The van der Waals surface area contributed by atoms with E-state index in [1.54, 1.807) is 13.0 Å². The topological polar surface area (TPSA) is 57.9 Å². The van der Waals surface area contributed by atoms with Crippen molar-refractivity contribution in [3.63, 3.8) is 0 Å². The molecule has 0 amide bonds. The summed E-state index contributed by atoms with van der Waals surface area (Å²) in [5.74, 6) is 0. The number of nitriles is 1. The molecule has 0 N–H and O–H groups in total. The predicted molar refractivity (Wildman–Crippen MR) is 58.3 cm³/mol. The first-order valence-electron chi connectivity index (χ1n) is 4.38. The van der Waals surface area contributed by atoms with Crippen molar-refractivity contribution in [1.29, 1.82) is 5.26 Å². The summed E-state index contributed by atoms with van der Waals surface area (Å²) in [6.45, 7) is 3.48. The van der Waals surface area contributed by atoms with Gasteiger partial charge in [-0.05, 0) is 36.6 Å². The fraction of sp³-hybridized carbons (Fsp3) is 0.300. The summed E-state index contributed by atoms with van der Waals surface area (Å²) in [6.07, 6.45) is 0.600. The van der Waals surface area contributed by atoms with Gasteiger partial charge in [0.2, 0.25) is 0 Å². The minimum absolute atomic E-state index is 0.0833. The van der Waals surface area contributed by atoms with Crippen LogP contribution in [0.3, 0.4) is 0 Å². The van der Waals surface area contributed by atoms with Crippen LogP contribution < -0.4 is 0 Å². The highest BCUT2D eigenvalue weighted by atomic mass is 35.7. The third-order valence-electron chi connectivity index (χ3n) is 2.16. The van der Waals surface area contributed by atoms with Crippen LogP contribution in [0, 0.1) is 18.3 Å². The third-order valence-corrected chi connectivity index (χ3v) is 3.63. The average molecular weight is 244 g/mol. The van der Waals surface area contributed by atoms with E-state index < -0.39 is 9.05 Å². The van der Waals surface area contributed by atoms with Gasteiger partial charge in [-0.2, -0.15) is 5.26 Å². The first kappa shape index (κ1) is 12.0. The van der Waals surface area contributed by atoms with Crippen LogP contribution in [-0.2, 0) is 15.5 Å². The second-order valence-electron chi connectivity index (χ2n) is 3.18. The van der Waals surface area contributed by atoms with Crippen molar-refractivity contribution >= 4 is 19.7 Å². The lowest BCUT2D eigenvalue weighted by molar-refractivity contribution is 0.609. The maximum absolute atomic E-state index is 11.2. The van der Waals surface area contributed by atoms with Crippen LogP contribution in [0.4, 0.5) is 0 Å². The number of hydrogen-bond donors (Lipinski definition) is 0. The Labute approximate surface area is 93.7 Å². The molecule has 0 aliphatic heterocycles. The summed E-state index contributed by atoms with van der Waals surface area (Å²) in [5, 5.41) is 8.84. The molecule has 0 saturated carbocycles. The molecule has 0 aliphatic rings. The second kappa shape index (κ2) is 4.21. The molecule has 0 bridgehead atoms. The quantitative estimate of drug-likeness (QED) is 0.750. The Morgan fingerprint density at radius 3 is 2.47 bits per heavy atom. The summed E-state index contributed by atoms with van der Waals surface area (Å²) in [6, 6.07) is 5.05. The van der Waals surface area contributed by atoms with E-state index in [0.29, 0.717) is 23.1 Å². The molecule has 1 aromatic rings. The Bertz CT molecular complexity index is 529. The minimum atomic E-state index is -3.73. The van der Waals surface area contributed by atoms with Crippen LogP contribution in [0.25, 0.3) is 0 Å². The summed E-state index contributed by atoms with van der Waals surface area (Å²) in [5.41, 5.74) is 1.69. The van der Waals surface area contributed by atoms with Crippen molar-refractivity contribution in [3.8, 4) is 6.07 Å². The Morgan fingerprint density at radius 2 is 2.07 bits per heavy atom. The van der Waals surface area contributed by atoms with Gasteiger partial charge < -0.3 is 0 Å². The number of benzene rings is 1. The molecule has 80 valence electrons. The molecule has 0 aromatic heterocycles. The molecule has 3 nitrogen and oxygen atoms in total. The molecule has 0 heterocycles. The fourth-order valence-corrected chi connectivity index (χ4v) is 2.61. The number of aryl methyl sites for hydroxylation is 2. The second-order valence-corrected chi connectivity index (χ2v) is 5.71. The van der Waals surface area contributed by atoms with Crippen molar-refractivity contribution in [2.45, 2.75) is 25.2 Å². The monoisotopic (exact) mass is 243 g/mol. The Hall–Kier alpha value is -1.05. The number of nitrogens with zero attached hydrogens (tertiary/aromatic N) is 1. The number of hydrogen-bond acceptors (Lipinski definition) is 3. The lowest BCUT2D eigenvalue weighted by Gasteiger charge is -2.06. The number of rotatable bonds is 2. The smallest absolute Gasteiger partial charge is 0.207 e. The van der Waals surface area contributed by atoms with Crippen LogP contribution >= 0.6 is 10.7 Å². The van der Waals surface area contributed by atoms with Gasteiger partial charge in [0.15, 0.2) is 0 Å². The van der Waals surface area contributed by atoms with Crippen molar-refractivity contribution in [2.24, 2.45) is 0 Å². The zero-order valence-electron chi connectivity index (χ0n) is 8.41. The van der Waals surface area contributed by atoms with Gasteiger partial charge in [0, 0.05) is 10.7 Å². The molecular formula is C10H10ClNO2S. The molecule has 0 atom stereocenters. The zero-order chi connectivity index (χ0) is 11.6. The molecule has 1 rings (SSSR count). The standard InChI is InChI=1S/C10H10ClNO2S/c1-3-8-5-10(15(11,13)14)7(2)4-9(8)6-12/h4-5H,3H2,1-2H3. The van der Waals surface area contributed by atoms with Crippen molar-refractivity contribution < 1.29 is 8.42 Å². The summed E-state index contributed by atoms with van der Waals surface area (Å²) in [4.78, 5) is 0.0833. The predicted octanol–water partition coefficient (Wildman–Crippen LogP) is 2.36. The molecule has 0 fully saturated rings. The Morgan fingerprint density at radius 1 is 1.47 bits per heavy atom. The average Bonchev–Trinajstić information content (AvgIpc) is 2.15. The van der Waals surface area contributed by atoms with Crippen LogP contribution in [0.2, 0.25) is 0 Å². The Balaban J connectivity index is 3.55. The van der Waals surface area contributed by atoms with Gasteiger partial charge in [0.1, 0.15) is 0 Å². The van der Waals surface area contributed by atoms with E-state index in [4.69, 9.17) is 15.9 Å². The van der Waals surface area contributed by atoms with Crippen molar-refractivity contribution in [2.75, 3.05) is 0 Å². The normalized spacial score (nSPS) is 11.1. The van der Waals surface area contributed by atoms with Crippen LogP contribution in [0.15, 0.2) is 17.0 Å². The van der Waals surface area contributed by atoms with Gasteiger partial charge in [-0.3, -0.25) is 0 Å². The largest absolute Gasteiger partial charge is 0.261 e. The molecule has 0 radical (unpaired) electrons. The molecule has 0 aliphatic carbocycles. The summed E-state index contributed by atoms with van der Waals surface area (Å²) >= 11 is 0. The van der Waals surface area contributed by atoms with E-state index in [1.807, 2.05) is 13.0 Å². The van der Waals surface area contributed by atoms with Gasteiger partial charge in [-0.25, -0.2) is 8.42 Å². The van der Waals surface area contributed by atoms with Gasteiger partial charge >= 0.3 is 0 Å². The zero-order valence-corrected chi connectivity index (χ0v) is 9.98. The van der Waals surface area contributed by atoms with E-state index in [9.17, 15) is 8.42 Å². The highest BCUT2D eigenvalue weighted by Crippen LogP contribution is 2.23. The van der Waals surface area contributed by atoms with Crippen molar-refractivity contribution in [1.82, 2.24) is 0 Å². The lowest BCUT2D eigenvalue weighted by Crippen LogP contribution is -1.99. The van der Waals surface area contributed by atoms with Gasteiger partial charge in [0.25, 0.3) is 9.05 Å². The maximum Gasteiger partial charge on any atom is 0.261 e. The summed E-state index contributed by atoms with van der Waals surface area (Å²) in [7, 11) is 1.55. The molecule has 0 spiro atoms. The van der Waals surface area contributed by atoms with Gasteiger partial charge in [-0.15, -0.1) is 0 Å². The Kier molecular flexibility index (Phi) is 3.38. The van der Waals surface area contributed by atoms with E-state index in [1.165, 1.54) is 6.07 Å². The maximum atomic E-state index is 11.2. The van der Waals surface area contributed by atoms with E-state index >= 15 is 0 Å². The van der Waals surface area contributed by atoms with Crippen LogP contribution in [0.5, 0.6) is 0 Å². The van der Waals surface area contributed by atoms with E-state index in [-0.39, 0.29) is 4.90 Å². The first-order valence-corrected chi connectivity index (χ1v) is 6.69. The minimum Gasteiger partial charge on any atom is -0.207 e. The molecule has 5 heteroatoms. The summed E-state index contributed by atoms with van der Waals surface area (Å²) < 4.78 is 22.4. The lowest BCUT2D eigenvalue weighted by atomic mass is 10.0. The molecular weight excluding hydrogens is 234 g/mol. The molecule has 0 saturated heterocycles. The SMILES string of the molecule is CCc1cc(S(=O)(=O)Cl)c(C)cc1C#N. The fourth-order valence-electron chi connectivity index (χ4n) is 1.39.